The van der Waals surface area contributed by atoms with Crippen molar-refractivity contribution in [3.63, 3.8) is 0 Å². The Kier molecular flexibility index (Phi) is 5.13. The molecule has 2 atom stereocenters. The Hall–Kier alpha value is -1.51. The summed E-state index contributed by atoms with van der Waals surface area (Å²) in [6, 6.07) is 5.72. The molecule has 25 heavy (non-hydrogen) atoms. The predicted molar refractivity (Wildman–Crippen MR) is 95.9 cm³/mol. The first-order valence-corrected chi connectivity index (χ1v) is 10.4. The van der Waals surface area contributed by atoms with Gasteiger partial charge in [0.25, 0.3) is 0 Å². The Morgan fingerprint density at radius 2 is 1.84 bits per heavy atom. The summed E-state index contributed by atoms with van der Waals surface area (Å²) < 4.78 is 24.5. The van der Waals surface area contributed by atoms with Crippen molar-refractivity contribution >= 4 is 15.7 Å². The standard InChI is InChI=1S/C17H26N4O3S/c1-13-5-4-6-14(18-13)9-20-7-8-21(10-17(22)19(2)3)16-12-25(23,24)11-15(16)20/h4-6,15-16H,7-12H2,1-3H3/t15-,16+/m1/s1. The van der Waals surface area contributed by atoms with Crippen LogP contribution in [0.25, 0.3) is 0 Å². The molecule has 7 nitrogen and oxygen atoms in total. The highest BCUT2D eigenvalue weighted by atomic mass is 32.2. The fourth-order valence-corrected chi connectivity index (χ4v) is 5.74. The molecule has 2 saturated heterocycles. The lowest BCUT2D eigenvalue weighted by molar-refractivity contribution is -0.131. The molecule has 1 amide bonds. The zero-order chi connectivity index (χ0) is 18.2. The monoisotopic (exact) mass is 366 g/mol. The van der Waals surface area contributed by atoms with Crippen LogP contribution in [0.1, 0.15) is 11.4 Å². The number of hydrogen-bond acceptors (Lipinski definition) is 6. The first-order valence-electron chi connectivity index (χ1n) is 8.56. The molecule has 0 saturated carbocycles. The van der Waals surface area contributed by atoms with Crippen LogP contribution < -0.4 is 0 Å². The fourth-order valence-electron chi connectivity index (χ4n) is 3.70. The van der Waals surface area contributed by atoms with E-state index in [0.717, 1.165) is 17.9 Å². The van der Waals surface area contributed by atoms with Gasteiger partial charge in [-0.3, -0.25) is 19.6 Å². The topological polar surface area (TPSA) is 73.8 Å². The lowest BCUT2D eigenvalue weighted by atomic mass is 10.0. The van der Waals surface area contributed by atoms with Gasteiger partial charge in [-0.1, -0.05) is 6.07 Å². The zero-order valence-corrected chi connectivity index (χ0v) is 15.9. The first-order chi connectivity index (χ1) is 11.7. The number of hydrogen-bond donors (Lipinski definition) is 0. The summed E-state index contributed by atoms with van der Waals surface area (Å²) in [4.78, 5) is 22.4. The molecule has 1 aromatic heterocycles. The highest BCUT2D eigenvalue weighted by Crippen LogP contribution is 2.28. The molecule has 0 aromatic carbocycles. The number of carbonyl (C=O) groups excluding carboxylic acids is 1. The highest BCUT2D eigenvalue weighted by Gasteiger charge is 2.46. The Bertz CT molecular complexity index is 750. The Morgan fingerprint density at radius 3 is 2.48 bits per heavy atom. The summed E-state index contributed by atoms with van der Waals surface area (Å²) in [6.45, 7) is 4.32. The number of likely N-dealkylation sites (N-methyl/N-ethyl adjacent to an activating group) is 1. The molecule has 1 aromatic rings. The van der Waals surface area contributed by atoms with Crippen molar-refractivity contribution in [2.24, 2.45) is 0 Å². The number of amides is 1. The van der Waals surface area contributed by atoms with Gasteiger partial charge < -0.3 is 4.90 Å². The average molecular weight is 366 g/mol. The van der Waals surface area contributed by atoms with Gasteiger partial charge in [0.05, 0.1) is 23.7 Å². The van der Waals surface area contributed by atoms with Crippen LogP contribution in [-0.4, -0.2) is 91.3 Å². The van der Waals surface area contributed by atoms with Crippen molar-refractivity contribution in [1.29, 1.82) is 0 Å². The van der Waals surface area contributed by atoms with Crippen LogP contribution in [0.5, 0.6) is 0 Å². The van der Waals surface area contributed by atoms with Gasteiger partial charge in [0.2, 0.25) is 5.91 Å². The van der Waals surface area contributed by atoms with Crippen LogP contribution in [0, 0.1) is 6.92 Å². The minimum atomic E-state index is -3.08. The molecule has 0 unspecified atom stereocenters. The fraction of sp³-hybridized carbons (Fsp3) is 0.647. The summed E-state index contributed by atoms with van der Waals surface area (Å²) >= 11 is 0. The Labute approximate surface area is 149 Å². The molecule has 0 aliphatic carbocycles. The maximum absolute atomic E-state index is 12.2. The molecule has 0 N–H and O–H groups in total. The Morgan fingerprint density at radius 1 is 1.20 bits per heavy atom. The summed E-state index contributed by atoms with van der Waals surface area (Å²) in [5, 5.41) is 0. The van der Waals surface area contributed by atoms with E-state index in [-0.39, 0.29) is 36.0 Å². The van der Waals surface area contributed by atoms with Gasteiger partial charge in [-0.15, -0.1) is 0 Å². The SMILES string of the molecule is Cc1cccc(CN2CCN(CC(=O)N(C)C)[C@H]3CS(=O)(=O)C[C@H]32)n1. The summed E-state index contributed by atoms with van der Waals surface area (Å²) in [6.07, 6.45) is 0. The van der Waals surface area contributed by atoms with Gasteiger partial charge >= 0.3 is 0 Å². The second kappa shape index (κ2) is 7.01. The second-order valence-corrected chi connectivity index (χ2v) is 9.36. The van der Waals surface area contributed by atoms with Crippen molar-refractivity contribution in [1.82, 2.24) is 19.7 Å². The number of nitrogens with zero attached hydrogens (tertiary/aromatic N) is 4. The van der Waals surface area contributed by atoms with Gasteiger partial charge in [0, 0.05) is 51.5 Å². The molecule has 0 radical (unpaired) electrons. The predicted octanol–water partition coefficient (Wildman–Crippen LogP) is -0.239. The van der Waals surface area contributed by atoms with Crippen LogP contribution in [0.4, 0.5) is 0 Å². The third kappa shape index (κ3) is 4.19. The van der Waals surface area contributed by atoms with Crippen LogP contribution in [0.2, 0.25) is 0 Å². The highest BCUT2D eigenvalue weighted by molar-refractivity contribution is 7.91. The molecular formula is C17H26N4O3S. The molecule has 2 aliphatic rings. The van der Waals surface area contributed by atoms with E-state index in [9.17, 15) is 13.2 Å². The molecule has 2 aliphatic heterocycles. The van der Waals surface area contributed by atoms with Crippen molar-refractivity contribution in [2.75, 3.05) is 45.2 Å². The smallest absolute Gasteiger partial charge is 0.236 e. The van der Waals surface area contributed by atoms with Crippen LogP contribution in [-0.2, 0) is 21.2 Å². The number of pyridine rings is 1. The quantitative estimate of drug-likeness (QED) is 0.732. The molecule has 8 heteroatoms. The van der Waals surface area contributed by atoms with Crippen LogP contribution in [0.15, 0.2) is 18.2 Å². The van der Waals surface area contributed by atoms with Gasteiger partial charge in [0.15, 0.2) is 9.84 Å². The molecule has 2 fully saturated rings. The maximum Gasteiger partial charge on any atom is 0.236 e. The number of carbonyl (C=O) groups is 1. The second-order valence-electron chi connectivity index (χ2n) is 7.21. The lowest BCUT2D eigenvalue weighted by Crippen LogP contribution is -2.60. The number of fused-ring (bicyclic) bond motifs is 1. The molecule has 0 bridgehead atoms. The van der Waals surface area contributed by atoms with Gasteiger partial charge in [-0.2, -0.15) is 0 Å². The lowest BCUT2D eigenvalue weighted by Gasteiger charge is -2.43. The van der Waals surface area contributed by atoms with Crippen molar-refractivity contribution in [3.05, 3.63) is 29.6 Å². The molecular weight excluding hydrogens is 340 g/mol. The number of sulfone groups is 1. The minimum absolute atomic E-state index is 0.0110. The zero-order valence-electron chi connectivity index (χ0n) is 15.1. The van der Waals surface area contributed by atoms with E-state index in [0.29, 0.717) is 13.1 Å². The minimum Gasteiger partial charge on any atom is -0.348 e. The van der Waals surface area contributed by atoms with E-state index in [2.05, 4.69) is 9.88 Å². The molecule has 0 spiro atoms. The summed E-state index contributed by atoms with van der Waals surface area (Å²) in [7, 11) is 0.374. The number of aromatic nitrogens is 1. The van der Waals surface area contributed by atoms with E-state index in [1.807, 2.05) is 30.0 Å². The van der Waals surface area contributed by atoms with E-state index in [4.69, 9.17) is 0 Å². The molecule has 3 rings (SSSR count). The third-order valence-corrected chi connectivity index (χ3v) is 6.75. The first kappa shape index (κ1) is 18.3. The third-order valence-electron chi connectivity index (χ3n) is 5.05. The maximum atomic E-state index is 12.2. The van der Waals surface area contributed by atoms with E-state index in [1.54, 1.807) is 19.0 Å². The largest absolute Gasteiger partial charge is 0.348 e. The van der Waals surface area contributed by atoms with Gasteiger partial charge in [-0.25, -0.2) is 8.42 Å². The summed E-state index contributed by atoms with van der Waals surface area (Å²) in [5.74, 6) is 0.309. The Balaban J connectivity index is 1.77. The van der Waals surface area contributed by atoms with Crippen molar-refractivity contribution in [3.8, 4) is 0 Å². The normalized spacial score (nSPS) is 26.4. The molecule has 3 heterocycles. The summed E-state index contributed by atoms with van der Waals surface area (Å²) in [5.41, 5.74) is 1.92. The van der Waals surface area contributed by atoms with E-state index >= 15 is 0 Å². The van der Waals surface area contributed by atoms with Crippen molar-refractivity contribution in [2.45, 2.75) is 25.6 Å². The average Bonchev–Trinajstić information content (AvgIpc) is 2.85. The van der Waals surface area contributed by atoms with E-state index < -0.39 is 9.84 Å². The van der Waals surface area contributed by atoms with Gasteiger partial charge in [-0.05, 0) is 19.1 Å². The van der Waals surface area contributed by atoms with E-state index in [1.165, 1.54) is 0 Å². The van der Waals surface area contributed by atoms with Crippen LogP contribution >= 0.6 is 0 Å². The number of aryl methyl sites for hydroxylation is 1. The number of piperazine rings is 1. The van der Waals surface area contributed by atoms with Crippen molar-refractivity contribution < 1.29 is 13.2 Å². The van der Waals surface area contributed by atoms with Gasteiger partial charge in [0.1, 0.15) is 0 Å². The van der Waals surface area contributed by atoms with Crippen LogP contribution in [0.3, 0.4) is 0 Å². The molecule has 138 valence electrons. The number of rotatable bonds is 4.